The Morgan fingerprint density at radius 2 is 1.94 bits per heavy atom. The van der Waals surface area contributed by atoms with Crippen molar-refractivity contribution in [3.05, 3.63) is 30.3 Å². The molecule has 2 rings (SSSR count). The molecule has 0 aliphatic carbocycles. The first-order valence-electron chi connectivity index (χ1n) is 5.23. The average molecular weight is 219 g/mol. The van der Waals surface area contributed by atoms with Gasteiger partial charge in [-0.05, 0) is 12.1 Å². The Kier molecular flexibility index (Phi) is 3.19. The third kappa shape index (κ3) is 2.59. The van der Waals surface area contributed by atoms with E-state index in [4.69, 9.17) is 4.74 Å². The summed E-state index contributed by atoms with van der Waals surface area (Å²) in [6.07, 6.45) is 0.0470. The molecule has 4 nitrogen and oxygen atoms in total. The van der Waals surface area contributed by atoms with Gasteiger partial charge in [-0.2, -0.15) is 0 Å². The highest BCUT2D eigenvalue weighted by Gasteiger charge is 2.26. The normalized spacial score (nSPS) is 15.6. The van der Waals surface area contributed by atoms with Crippen LogP contribution in [-0.2, 0) is 9.59 Å². The number of rotatable bonds is 4. The van der Waals surface area contributed by atoms with Crippen molar-refractivity contribution in [1.29, 1.82) is 0 Å². The smallest absolute Gasteiger partial charge is 0.230 e. The fourth-order valence-electron chi connectivity index (χ4n) is 1.63. The molecule has 84 valence electrons. The highest BCUT2D eigenvalue weighted by atomic mass is 16.5. The van der Waals surface area contributed by atoms with Gasteiger partial charge in [-0.25, -0.2) is 0 Å². The van der Waals surface area contributed by atoms with Gasteiger partial charge < -0.3 is 9.64 Å². The predicted molar refractivity (Wildman–Crippen MR) is 58.1 cm³/mol. The van der Waals surface area contributed by atoms with Gasteiger partial charge in [0.2, 0.25) is 5.91 Å². The summed E-state index contributed by atoms with van der Waals surface area (Å²) in [6.45, 7) is 1.12. The minimum atomic E-state index is -0.0957. The van der Waals surface area contributed by atoms with Crippen LogP contribution in [0.25, 0.3) is 0 Å². The van der Waals surface area contributed by atoms with Crippen LogP contribution in [0, 0.1) is 0 Å². The Labute approximate surface area is 93.8 Å². The zero-order valence-corrected chi connectivity index (χ0v) is 8.89. The van der Waals surface area contributed by atoms with E-state index >= 15 is 0 Å². The summed E-state index contributed by atoms with van der Waals surface area (Å²) in [4.78, 5) is 23.8. The average Bonchev–Trinajstić information content (AvgIpc) is 2.59. The van der Waals surface area contributed by atoms with E-state index in [0.717, 1.165) is 5.75 Å². The van der Waals surface area contributed by atoms with Gasteiger partial charge in [0.1, 0.15) is 12.4 Å². The van der Waals surface area contributed by atoms with Gasteiger partial charge in [-0.3, -0.25) is 9.59 Å². The van der Waals surface area contributed by atoms with Crippen molar-refractivity contribution in [3.8, 4) is 5.75 Å². The molecule has 1 amide bonds. The summed E-state index contributed by atoms with van der Waals surface area (Å²) in [5, 5.41) is 0. The van der Waals surface area contributed by atoms with E-state index in [1.165, 1.54) is 4.90 Å². The Hall–Kier alpha value is -1.84. The monoisotopic (exact) mass is 219 g/mol. The number of para-hydroxylation sites is 1. The number of benzene rings is 1. The molecule has 0 aromatic heterocycles. The zero-order chi connectivity index (χ0) is 11.4. The highest BCUT2D eigenvalue weighted by Crippen LogP contribution is 2.09. The molecule has 1 aliphatic rings. The van der Waals surface area contributed by atoms with Gasteiger partial charge in [0.05, 0.1) is 19.5 Å². The van der Waals surface area contributed by atoms with Crippen molar-refractivity contribution in [3.63, 3.8) is 0 Å². The van der Waals surface area contributed by atoms with Crippen molar-refractivity contribution in [2.45, 2.75) is 6.42 Å². The molecular weight excluding hydrogens is 206 g/mol. The number of Topliss-reactive ketones (excluding diaryl/α,β-unsaturated/α-hetero) is 1. The largest absolute Gasteiger partial charge is 0.492 e. The summed E-state index contributed by atoms with van der Waals surface area (Å²) >= 11 is 0. The van der Waals surface area contributed by atoms with Crippen LogP contribution >= 0.6 is 0 Å². The second kappa shape index (κ2) is 4.79. The first kappa shape index (κ1) is 10.7. The van der Waals surface area contributed by atoms with Crippen molar-refractivity contribution in [2.75, 3.05) is 19.7 Å². The lowest BCUT2D eigenvalue weighted by atomic mass is 10.3. The number of hydrogen-bond donors (Lipinski definition) is 0. The van der Waals surface area contributed by atoms with E-state index in [9.17, 15) is 9.59 Å². The summed E-state index contributed by atoms with van der Waals surface area (Å²) in [7, 11) is 0. The lowest BCUT2D eigenvalue weighted by Crippen LogP contribution is -2.29. The van der Waals surface area contributed by atoms with Crippen LogP contribution in [0.3, 0.4) is 0 Å². The maximum Gasteiger partial charge on any atom is 0.230 e. The topological polar surface area (TPSA) is 46.6 Å². The lowest BCUT2D eigenvalue weighted by molar-refractivity contribution is -0.128. The molecule has 16 heavy (non-hydrogen) atoms. The minimum Gasteiger partial charge on any atom is -0.492 e. The van der Waals surface area contributed by atoms with Crippen LogP contribution in [0.4, 0.5) is 0 Å². The maximum atomic E-state index is 11.3. The van der Waals surface area contributed by atoms with Crippen molar-refractivity contribution < 1.29 is 14.3 Å². The van der Waals surface area contributed by atoms with E-state index in [0.29, 0.717) is 13.2 Å². The number of hydrogen-bond acceptors (Lipinski definition) is 3. The predicted octanol–water partition coefficient (Wildman–Crippen LogP) is 0.867. The summed E-state index contributed by atoms with van der Waals surface area (Å²) in [5.41, 5.74) is 0. The third-order valence-electron chi connectivity index (χ3n) is 2.44. The van der Waals surface area contributed by atoms with Gasteiger partial charge in [0.15, 0.2) is 5.78 Å². The molecule has 0 bridgehead atoms. The van der Waals surface area contributed by atoms with Gasteiger partial charge in [-0.15, -0.1) is 0 Å². The molecule has 1 heterocycles. The van der Waals surface area contributed by atoms with E-state index in [1.54, 1.807) is 0 Å². The van der Waals surface area contributed by atoms with Crippen molar-refractivity contribution in [1.82, 2.24) is 4.90 Å². The SMILES string of the molecule is O=C1CC(=O)N(CCOc2ccccc2)C1. The summed E-state index contributed by atoms with van der Waals surface area (Å²) in [5.74, 6) is 0.673. The molecule has 0 radical (unpaired) electrons. The van der Waals surface area contributed by atoms with E-state index in [-0.39, 0.29) is 24.7 Å². The molecule has 0 atom stereocenters. The van der Waals surface area contributed by atoms with E-state index < -0.39 is 0 Å². The van der Waals surface area contributed by atoms with Crippen LogP contribution < -0.4 is 4.74 Å². The Morgan fingerprint density at radius 1 is 1.19 bits per heavy atom. The third-order valence-corrected chi connectivity index (χ3v) is 2.44. The molecule has 0 spiro atoms. The fraction of sp³-hybridized carbons (Fsp3) is 0.333. The number of ketones is 1. The number of ether oxygens (including phenoxy) is 1. The molecule has 1 aromatic carbocycles. The Balaban J connectivity index is 1.76. The molecule has 0 saturated carbocycles. The number of amides is 1. The van der Waals surface area contributed by atoms with Crippen LogP contribution in [0.5, 0.6) is 5.75 Å². The second-order valence-electron chi connectivity index (χ2n) is 3.69. The van der Waals surface area contributed by atoms with Crippen LogP contribution in [0.1, 0.15) is 6.42 Å². The lowest BCUT2D eigenvalue weighted by Gasteiger charge is -2.14. The summed E-state index contributed by atoms with van der Waals surface area (Å²) < 4.78 is 5.45. The van der Waals surface area contributed by atoms with Crippen molar-refractivity contribution >= 4 is 11.7 Å². The first-order valence-corrected chi connectivity index (χ1v) is 5.23. The molecule has 1 saturated heterocycles. The van der Waals surface area contributed by atoms with Gasteiger partial charge in [0, 0.05) is 0 Å². The van der Waals surface area contributed by atoms with E-state index in [2.05, 4.69) is 0 Å². The number of likely N-dealkylation sites (tertiary alicyclic amines) is 1. The number of carbonyl (C=O) groups excluding carboxylic acids is 2. The van der Waals surface area contributed by atoms with E-state index in [1.807, 2.05) is 30.3 Å². The number of carbonyl (C=O) groups is 2. The standard InChI is InChI=1S/C12H13NO3/c14-10-8-12(15)13(9-10)6-7-16-11-4-2-1-3-5-11/h1-5H,6-9H2. The van der Waals surface area contributed by atoms with Gasteiger partial charge in [0.25, 0.3) is 0 Å². The fourth-order valence-corrected chi connectivity index (χ4v) is 1.63. The highest BCUT2D eigenvalue weighted by molar-refractivity contribution is 6.05. The Bertz CT molecular complexity index is 389. The second-order valence-corrected chi connectivity index (χ2v) is 3.69. The molecule has 1 fully saturated rings. The van der Waals surface area contributed by atoms with Crippen LogP contribution in [0.2, 0.25) is 0 Å². The van der Waals surface area contributed by atoms with Gasteiger partial charge in [-0.1, -0.05) is 18.2 Å². The Morgan fingerprint density at radius 3 is 2.56 bits per heavy atom. The molecule has 1 aromatic rings. The van der Waals surface area contributed by atoms with Crippen molar-refractivity contribution in [2.24, 2.45) is 0 Å². The molecular formula is C12H13NO3. The van der Waals surface area contributed by atoms with Crippen LogP contribution in [-0.4, -0.2) is 36.3 Å². The van der Waals surface area contributed by atoms with Gasteiger partial charge >= 0.3 is 0 Å². The molecule has 4 heteroatoms. The van der Waals surface area contributed by atoms with Crippen LogP contribution in [0.15, 0.2) is 30.3 Å². The molecule has 0 N–H and O–H groups in total. The minimum absolute atomic E-state index is 0.00953. The summed E-state index contributed by atoms with van der Waals surface area (Å²) in [6, 6.07) is 9.41. The maximum absolute atomic E-state index is 11.3. The molecule has 0 unspecified atom stereocenters. The quantitative estimate of drug-likeness (QED) is 0.706. The number of nitrogens with zero attached hydrogens (tertiary/aromatic N) is 1. The zero-order valence-electron chi connectivity index (χ0n) is 8.89. The first-order chi connectivity index (χ1) is 7.75. The molecule has 1 aliphatic heterocycles.